The molecular weight excluding hydrogens is 572 g/mol. The Hall–Kier alpha value is -5.06. The molecular formula is C32H24N2O6S2. The van der Waals surface area contributed by atoms with Gasteiger partial charge in [-0.2, -0.15) is 8.61 Å². The van der Waals surface area contributed by atoms with Crippen LogP contribution in [-0.4, -0.2) is 28.6 Å². The largest absolute Gasteiger partial charge is 0.272 e. The maximum absolute atomic E-state index is 14.1. The highest BCUT2D eigenvalue weighted by Crippen LogP contribution is 2.38. The fourth-order valence-corrected chi connectivity index (χ4v) is 7.19. The average molecular weight is 597 g/mol. The summed E-state index contributed by atoms with van der Waals surface area (Å²) in [5.74, 6) is -1.87. The summed E-state index contributed by atoms with van der Waals surface area (Å²) < 4.78 is 57.6. The van der Waals surface area contributed by atoms with Crippen LogP contribution in [0.5, 0.6) is 0 Å². The van der Waals surface area contributed by atoms with Gasteiger partial charge < -0.3 is 0 Å². The zero-order valence-corrected chi connectivity index (χ0v) is 23.6. The lowest BCUT2D eigenvalue weighted by molar-refractivity contribution is 0.0993. The van der Waals surface area contributed by atoms with Gasteiger partial charge in [0.15, 0.2) is 0 Å². The molecule has 0 N–H and O–H groups in total. The van der Waals surface area contributed by atoms with Crippen LogP contribution in [-0.2, 0) is 20.0 Å². The van der Waals surface area contributed by atoms with E-state index < -0.39 is 31.9 Å². The van der Waals surface area contributed by atoms with Crippen molar-refractivity contribution < 1.29 is 26.4 Å². The van der Waals surface area contributed by atoms with E-state index in [0.29, 0.717) is 8.61 Å². The Labute approximate surface area is 244 Å². The smallest absolute Gasteiger partial charge is 0.268 e. The third-order valence-electron chi connectivity index (χ3n) is 6.29. The molecule has 5 aromatic carbocycles. The number of carbonyl (C=O) groups excluding carboxylic acids is 2. The van der Waals surface area contributed by atoms with Crippen LogP contribution in [0.1, 0.15) is 20.7 Å². The Bertz CT molecular complexity index is 1790. The molecule has 0 heterocycles. The second kappa shape index (κ2) is 11.8. The summed E-state index contributed by atoms with van der Waals surface area (Å²) in [6.07, 6.45) is 0. The van der Waals surface area contributed by atoms with Crippen molar-refractivity contribution >= 4 is 43.2 Å². The standard InChI is InChI=1S/C32H24N2O6S2/c35-31(25-15-5-1-6-16-25)33(41(37,38)27-19-9-3-10-20-27)29-23-13-14-24-30(29)34(32(36)26-17-7-2-8-18-26)42(39,40)28-21-11-4-12-22-28/h1-24H. The first-order valence-electron chi connectivity index (χ1n) is 12.7. The van der Waals surface area contributed by atoms with Gasteiger partial charge in [0.05, 0.1) is 21.2 Å². The van der Waals surface area contributed by atoms with Gasteiger partial charge in [0.2, 0.25) is 0 Å². The molecule has 0 fully saturated rings. The van der Waals surface area contributed by atoms with Gasteiger partial charge in [0.25, 0.3) is 31.9 Å². The molecule has 2 amide bonds. The van der Waals surface area contributed by atoms with Crippen molar-refractivity contribution in [2.75, 3.05) is 8.61 Å². The van der Waals surface area contributed by atoms with Gasteiger partial charge in [0, 0.05) is 11.1 Å². The Morgan fingerprint density at radius 3 is 0.952 bits per heavy atom. The Kier molecular flexibility index (Phi) is 8.01. The van der Waals surface area contributed by atoms with Crippen LogP contribution in [0.15, 0.2) is 155 Å². The summed E-state index contributed by atoms with van der Waals surface area (Å²) in [6, 6.07) is 35.6. The van der Waals surface area contributed by atoms with E-state index in [1.165, 1.54) is 97.1 Å². The molecule has 0 saturated heterocycles. The van der Waals surface area contributed by atoms with E-state index in [9.17, 15) is 26.4 Å². The summed E-state index contributed by atoms with van der Waals surface area (Å²) in [6.45, 7) is 0. The van der Waals surface area contributed by atoms with E-state index >= 15 is 0 Å². The molecule has 0 spiro atoms. The van der Waals surface area contributed by atoms with E-state index in [1.54, 1.807) is 48.5 Å². The molecule has 0 unspecified atom stereocenters. The number of para-hydroxylation sites is 2. The molecule has 210 valence electrons. The van der Waals surface area contributed by atoms with Crippen molar-refractivity contribution in [2.45, 2.75) is 9.79 Å². The van der Waals surface area contributed by atoms with Crippen LogP contribution < -0.4 is 8.61 Å². The fourth-order valence-electron chi connectivity index (χ4n) is 4.30. The van der Waals surface area contributed by atoms with Gasteiger partial charge in [-0.15, -0.1) is 0 Å². The predicted molar refractivity (Wildman–Crippen MR) is 160 cm³/mol. The number of amides is 2. The second-order valence-corrected chi connectivity index (χ2v) is 12.6. The maximum atomic E-state index is 14.1. The van der Waals surface area contributed by atoms with Gasteiger partial charge in [-0.05, 0) is 60.7 Å². The Morgan fingerprint density at radius 2 is 0.643 bits per heavy atom. The number of nitrogens with zero attached hydrogens (tertiary/aromatic N) is 2. The quantitative estimate of drug-likeness (QED) is 0.225. The SMILES string of the molecule is O=C(c1ccccc1)N(c1ccccc1N(C(=O)c1ccccc1)S(=O)(=O)c1ccccc1)S(=O)(=O)c1ccccc1. The molecule has 42 heavy (non-hydrogen) atoms. The van der Waals surface area contributed by atoms with Crippen LogP contribution in [0.3, 0.4) is 0 Å². The highest BCUT2D eigenvalue weighted by atomic mass is 32.2. The van der Waals surface area contributed by atoms with Crippen molar-refractivity contribution in [1.29, 1.82) is 0 Å². The highest BCUT2D eigenvalue weighted by molar-refractivity contribution is 7.94. The summed E-state index contributed by atoms with van der Waals surface area (Å²) in [5.41, 5.74) is -0.560. The number of carbonyl (C=O) groups is 2. The van der Waals surface area contributed by atoms with Crippen molar-refractivity contribution in [3.8, 4) is 0 Å². The van der Waals surface area contributed by atoms with E-state index in [0.717, 1.165) is 0 Å². The summed E-state index contributed by atoms with van der Waals surface area (Å²) in [4.78, 5) is 27.6. The third kappa shape index (κ3) is 5.45. The van der Waals surface area contributed by atoms with E-state index in [2.05, 4.69) is 0 Å². The molecule has 0 aliphatic carbocycles. The Morgan fingerprint density at radius 1 is 0.381 bits per heavy atom. The minimum atomic E-state index is -4.61. The topological polar surface area (TPSA) is 109 Å². The van der Waals surface area contributed by atoms with Crippen LogP contribution in [0.2, 0.25) is 0 Å². The van der Waals surface area contributed by atoms with Crippen LogP contribution in [0.25, 0.3) is 0 Å². The zero-order valence-electron chi connectivity index (χ0n) is 22.0. The first-order valence-corrected chi connectivity index (χ1v) is 15.6. The molecule has 5 rings (SSSR count). The number of anilines is 2. The van der Waals surface area contributed by atoms with Gasteiger partial charge in [0.1, 0.15) is 0 Å². The van der Waals surface area contributed by atoms with E-state index in [1.807, 2.05) is 0 Å². The van der Waals surface area contributed by atoms with Crippen molar-refractivity contribution in [3.05, 3.63) is 157 Å². The molecule has 0 aromatic heterocycles. The molecule has 8 nitrogen and oxygen atoms in total. The third-order valence-corrected chi connectivity index (χ3v) is 9.71. The monoisotopic (exact) mass is 596 g/mol. The lowest BCUT2D eigenvalue weighted by atomic mass is 10.2. The van der Waals surface area contributed by atoms with Crippen LogP contribution in [0, 0.1) is 0 Å². The predicted octanol–water partition coefficient (Wildman–Crippen LogP) is 5.76. The minimum absolute atomic E-state index is 0.0404. The molecule has 5 aromatic rings. The maximum Gasteiger partial charge on any atom is 0.272 e. The lowest BCUT2D eigenvalue weighted by Crippen LogP contribution is -2.41. The van der Waals surface area contributed by atoms with Gasteiger partial charge >= 0.3 is 0 Å². The number of rotatable bonds is 8. The number of benzene rings is 5. The zero-order chi connectivity index (χ0) is 29.7. The van der Waals surface area contributed by atoms with Gasteiger partial charge in [-0.3, -0.25) is 9.59 Å². The van der Waals surface area contributed by atoms with Crippen molar-refractivity contribution in [3.63, 3.8) is 0 Å². The molecule has 10 heteroatoms. The first kappa shape index (κ1) is 28.5. The summed E-state index contributed by atoms with van der Waals surface area (Å²) in [5, 5.41) is 0. The highest BCUT2D eigenvalue weighted by Gasteiger charge is 2.39. The normalized spacial score (nSPS) is 11.4. The first-order chi connectivity index (χ1) is 20.2. The Balaban J connectivity index is 1.80. The molecule has 0 aliphatic heterocycles. The van der Waals surface area contributed by atoms with Crippen molar-refractivity contribution in [1.82, 2.24) is 0 Å². The van der Waals surface area contributed by atoms with E-state index in [4.69, 9.17) is 0 Å². The molecule has 0 saturated carbocycles. The lowest BCUT2D eigenvalue weighted by Gasteiger charge is -2.29. The number of hydrogen-bond acceptors (Lipinski definition) is 6. The van der Waals surface area contributed by atoms with Gasteiger partial charge in [-0.1, -0.05) is 84.9 Å². The molecule has 0 aliphatic rings. The second-order valence-electron chi connectivity index (χ2n) is 9.00. The number of hydrogen-bond donors (Lipinski definition) is 0. The van der Waals surface area contributed by atoms with Crippen LogP contribution in [0.4, 0.5) is 11.4 Å². The van der Waals surface area contributed by atoms with Gasteiger partial charge in [-0.25, -0.2) is 16.8 Å². The molecule has 0 radical (unpaired) electrons. The minimum Gasteiger partial charge on any atom is -0.268 e. The summed E-state index contributed by atoms with van der Waals surface area (Å²) in [7, 11) is -9.21. The number of sulfonamides is 2. The molecule has 0 bridgehead atoms. The summed E-state index contributed by atoms with van der Waals surface area (Å²) >= 11 is 0. The average Bonchev–Trinajstić information content (AvgIpc) is 3.03. The van der Waals surface area contributed by atoms with Crippen LogP contribution >= 0.6 is 0 Å². The van der Waals surface area contributed by atoms with E-state index in [-0.39, 0.29) is 32.3 Å². The molecule has 0 atom stereocenters. The fraction of sp³-hybridized carbons (Fsp3) is 0. The van der Waals surface area contributed by atoms with Crippen molar-refractivity contribution in [2.24, 2.45) is 0 Å².